The Bertz CT molecular complexity index is 1040. The van der Waals surface area contributed by atoms with Gasteiger partial charge in [-0.25, -0.2) is 4.98 Å². The van der Waals surface area contributed by atoms with Crippen LogP contribution in [-0.2, 0) is 20.8 Å². The highest BCUT2D eigenvalue weighted by Crippen LogP contribution is 2.36. The summed E-state index contributed by atoms with van der Waals surface area (Å²) in [5, 5.41) is 5.46. The van der Waals surface area contributed by atoms with E-state index in [0.717, 1.165) is 35.2 Å². The maximum Gasteiger partial charge on any atom is 0.313 e. The average Bonchev–Trinajstić information content (AvgIpc) is 3.09. The van der Waals surface area contributed by atoms with E-state index in [2.05, 4.69) is 22.5 Å². The third-order valence-corrected chi connectivity index (χ3v) is 5.79. The van der Waals surface area contributed by atoms with Gasteiger partial charge in [0.2, 0.25) is 5.91 Å². The number of nitrogens with zero attached hydrogens (tertiary/aromatic N) is 2. The van der Waals surface area contributed by atoms with Gasteiger partial charge in [-0.05, 0) is 54.5 Å². The van der Waals surface area contributed by atoms with Gasteiger partial charge in [0.1, 0.15) is 5.82 Å². The number of fused-ring (bicyclic) bond motifs is 1. The van der Waals surface area contributed by atoms with Crippen LogP contribution in [0.5, 0.6) is 0 Å². The molecule has 0 unspecified atom stereocenters. The summed E-state index contributed by atoms with van der Waals surface area (Å²) >= 11 is 0. The first kappa shape index (κ1) is 19.9. The number of hydrogen-bond donors (Lipinski definition) is 3. The van der Waals surface area contributed by atoms with Crippen LogP contribution in [-0.4, -0.2) is 34.2 Å². The first-order valence-electron chi connectivity index (χ1n) is 10.1. The van der Waals surface area contributed by atoms with Crippen LogP contribution in [0.15, 0.2) is 30.5 Å². The molecule has 1 aromatic heterocycles. The topological polar surface area (TPSA) is 117 Å². The summed E-state index contributed by atoms with van der Waals surface area (Å²) < 4.78 is 0. The number of aromatic nitrogens is 1. The van der Waals surface area contributed by atoms with E-state index in [1.165, 1.54) is 6.20 Å². The largest absolute Gasteiger partial charge is 0.383 e. The monoisotopic (exact) mass is 407 g/mol. The lowest BCUT2D eigenvalue weighted by Crippen LogP contribution is -2.46. The molecule has 30 heavy (non-hydrogen) atoms. The Morgan fingerprint density at radius 2 is 2.07 bits per heavy atom. The molecule has 0 saturated carbocycles. The van der Waals surface area contributed by atoms with Gasteiger partial charge in [-0.3, -0.25) is 14.4 Å². The zero-order valence-corrected chi connectivity index (χ0v) is 17.1. The molecule has 2 aliphatic rings. The first-order chi connectivity index (χ1) is 14.3. The number of carbonyl (C=O) groups is 3. The highest BCUT2D eigenvalue weighted by Gasteiger charge is 2.35. The second kappa shape index (κ2) is 7.78. The summed E-state index contributed by atoms with van der Waals surface area (Å²) in [6.07, 6.45) is 3.51. The Balaban J connectivity index is 1.55. The molecule has 0 aliphatic carbocycles. The number of nitrogens with two attached hydrogens (primary N) is 1. The van der Waals surface area contributed by atoms with Crippen LogP contribution in [0.2, 0.25) is 0 Å². The molecule has 0 radical (unpaired) electrons. The molecule has 0 spiro atoms. The van der Waals surface area contributed by atoms with Crippen molar-refractivity contribution < 1.29 is 14.4 Å². The van der Waals surface area contributed by atoms with Gasteiger partial charge in [0.05, 0.1) is 24.3 Å². The van der Waals surface area contributed by atoms with Crippen LogP contribution in [0.4, 0.5) is 17.2 Å². The van der Waals surface area contributed by atoms with E-state index in [1.807, 2.05) is 18.2 Å². The maximum absolute atomic E-state index is 13.1. The number of nitrogens with one attached hydrogen (secondary N) is 2. The van der Waals surface area contributed by atoms with Crippen molar-refractivity contribution in [3.05, 3.63) is 47.2 Å². The third-order valence-electron chi connectivity index (χ3n) is 5.79. The molecule has 156 valence electrons. The molecule has 3 heterocycles. The molecule has 8 nitrogen and oxygen atoms in total. The van der Waals surface area contributed by atoms with E-state index in [-0.39, 0.29) is 11.9 Å². The molecular weight excluding hydrogens is 382 g/mol. The van der Waals surface area contributed by atoms with Crippen molar-refractivity contribution in [2.24, 2.45) is 5.92 Å². The second-order valence-electron chi connectivity index (χ2n) is 8.18. The van der Waals surface area contributed by atoms with Gasteiger partial charge >= 0.3 is 11.8 Å². The Hall–Kier alpha value is -3.42. The number of likely N-dealkylation sites (tertiary alicyclic amines) is 1. The van der Waals surface area contributed by atoms with Gasteiger partial charge in [0, 0.05) is 12.2 Å². The van der Waals surface area contributed by atoms with Crippen molar-refractivity contribution in [3.8, 4) is 0 Å². The summed E-state index contributed by atoms with van der Waals surface area (Å²) in [6.45, 7) is 4.37. The standard InChI is InChI=1S/C22H25N5O3/c1-12-3-6-18(14-4-5-17-15(8-14)9-19(28)26-17)27(11-12)22(30)21(29)25-16-7-13(2)20(23)24-10-16/h4-5,7-8,10,12,18H,3,6,9,11H2,1-2H3,(H2,23,24)(H,25,29)(H,26,28)/t12-,18+/m1/s1. The summed E-state index contributed by atoms with van der Waals surface area (Å²) in [4.78, 5) is 43.1. The normalized spacial score (nSPS) is 20.5. The smallest absolute Gasteiger partial charge is 0.313 e. The molecule has 2 atom stereocenters. The molecule has 4 N–H and O–H groups in total. The Kier molecular flexibility index (Phi) is 5.15. The highest BCUT2D eigenvalue weighted by molar-refractivity contribution is 6.39. The van der Waals surface area contributed by atoms with Crippen molar-refractivity contribution in [2.45, 2.75) is 39.2 Å². The fourth-order valence-corrected chi connectivity index (χ4v) is 4.15. The molecule has 3 amide bonds. The Morgan fingerprint density at radius 3 is 2.83 bits per heavy atom. The second-order valence-corrected chi connectivity index (χ2v) is 8.18. The minimum atomic E-state index is -0.696. The Labute approximate surface area is 174 Å². The van der Waals surface area contributed by atoms with Crippen molar-refractivity contribution in [1.82, 2.24) is 9.88 Å². The summed E-state index contributed by atoms with van der Waals surface area (Å²) in [7, 11) is 0. The lowest BCUT2D eigenvalue weighted by molar-refractivity contribution is -0.146. The molecule has 1 aromatic carbocycles. The predicted octanol–water partition coefficient (Wildman–Crippen LogP) is 2.41. The van der Waals surface area contributed by atoms with Crippen LogP contribution in [0.1, 0.15) is 42.5 Å². The predicted molar refractivity (Wildman–Crippen MR) is 114 cm³/mol. The lowest BCUT2D eigenvalue weighted by atomic mass is 9.89. The molecular formula is C22H25N5O3. The molecule has 2 aromatic rings. The van der Waals surface area contributed by atoms with Gasteiger partial charge in [-0.1, -0.05) is 19.1 Å². The Morgan fingerprint density at radius 1 is 1.27 bits per heavy atom. The van der Waals surface area contributed by atoms with Crippen LogP contribution in [0.25, 0.3) is 0 Å². The van der Waals surface area contributed by atoms with Gasteiger partial charge in [0.25, 0.3) is 0 Å². The number of piperidine rings is 1. The van der Waals surface area contributed by atoms with Gasteiger partial charge in [-0.15, -0.1) is 0 Å². The molecule has 4 rings (SSSR count). The number of rotatable bonds is 2. The zero-order chi connectivity index (χ0) is 21.4. The number of benzene rings is 1. The maximum atomic E-state index is 13.1. The summed E-state index contributed by atoms with van der Waals surface area (Å²) in [5.41, 5.74) is 9.57. The molecule has 8 heteroatoms. The lowest BCUT2D eigenvalue weighted by Gasteiger charge is -2.38. The van der Waals surface area contributed by atoms with Crippen LogP contribution >= 0.6 is 0 Å². The minimum Gasteiger partial charge on any atom is -0.383 e. The minimum absolute atomic E-state index is 0.0286. The highest BCUT2D eigenvalue weighted by atomic mass is 16.2. The van der Waals surface area contributed by atoms with Gasteiger partial charge < -0.3 is 21.3 Å². The molecule has 1 fully saturated rings. The average molecular weight is 407 g/mol. The van der Waals surface area contributed by atoms with Crippen LogP contribution in [0, 0.1) is 12.8 Å². The van der Waals surface area contributed by atoms with E-state index >= 15 is 0 Å². The molecule has 1 saturated heterocycles. The number of hydrogen-bond acceptors (Lipinski definition) is 5. The van der Waals surface area contributed by atoms with E-state index in [1.54, 1.807) is 17.9 Å². The van der Waals surface area contributed by atoms with E-state index in [0.29, 0.717) is 30.4 Å². The number of anilines is 3. The third kappa shape index (κ3) is 3.85. The van der Waals surface area contributed by atoms with Crippen molar-refractivity contribution in [3.63, 3.8) is 0 Å². The van der Waals surface area contributed by atoms with Crippen molar-refractivity contribution in [2.75, 3.05) is 22.9 Å². The van der Waals surface area contributed by atoms with Gasteiger partial charge in [0.15, 0.2) is 0 Å². The fraction of sp³-hybridized carbons (Fsp3) is 0.364. The summed E-state index contributed by atoms with van der Waals surface area (Å²) in [5.74, 6) is -0.613. The van der Waals surface area contributed by atoms with Gasteiger partial charge in [-0.2, -0.15) is 0 Å². The number of carbonyl (C=O) groups excluding carboxylic acids is 3. The number of amides is 3. The fourth-order valence-electron chi connectivity index (χ4n) is 4.15. The molecule has 2 aliphatic heterocycles. The van der Waals surface area contributed by atoms with E-state index in [4.69, 9.17) is 5.73 Å². The van der Waals surface area contributed by atoms with E-state index < -0.39 is 11.8 Å². The summed E-state index contributed by atoms with van der Waals surface area (Å²) in [6, 6.07) is 7.26. The quantitative estimate of drug-likeness (QED) is 0.661. The van der Waals surface area contributed by atoms with Crippen molar-refractivity contribution in [1.29, 1.82) is 0 Å². The first-order valence-corrected chi connectivity index (χ1v) is 10.1. The number of aryl methyl sites for hydroxylation is 1. The molecule has 0 bridgehead atoms. The van der Waals surface area contributed by atoms with Crippen LogP contribution < -0.4 is 16.4 Å². The SMILES string of the molecule is Cc1cc(NC(=O)C(=O)N2C[C@H](C)CC[C@H]2c2ccc3c(c2)CC(=O)N3)cnc1N. The van der Waals surface area contributed by atoms with E-state index in [9.17, 15) is 14.4 Å². The number of pyridine rings is 1. The van der Waals surface area contributed by atoms with Crippen molar-refractivity contribution >= 4 is 34.9 Å². The zero-order valence-electron chi connectivity index (χ0n) is 17.1. The van der Waals surface area contributed by atoms with Crippen LogP contribution in [0.3, 0.4) is 0 Å². The number of nitrogen functional groups attached to an aromatic ring is 1.